The minimum absolute atomic E-state index is 0. The Morgan fingerprint density at radius 2 is 2.15 bits per heavy atom. The molecule has 9 heteroatoms. The maximum absolute atomic E-state index is 14.0. The Labute approximate surface area is 177 Å². The van der Waals surface area contributed by atoms with Crippen LogP contribution in [0.15, 0.2) is 23.2 Å². The van der Waals surface area contributed by atoms with E-state index in [0.717, 1.165) is 6.42 Å². The molecule has 2 N–H and O–H groups in total. The Balaban J connectivity index is 0.00000338. The molecular formula is C17H26ClFIN3O2S. The molecule has 0 radical (unpaired) electrons. The van der Waals surface area contributed by atoms with Crippen LogP contribution >= 0.6 is 35.6 Å². The summed E-state index contributed by atoms with van der Waals surface area (Å²) in [5, 5.41) is 6.94. The van der Waals surface area contributed by atoms with E-state index < -0.39 is 9.84 Å². The fraction of sp³-hybridized carbons (Fsp3) is 0.588. The van der Waals surface area contributed by atoms with Crippen molar-refractivity contribution in [2.75, 3.05) is 18.6 Å². The minimum atomic E-state index is -2.99. The van der Waals surface area contributed by atoms with Crippen molar-refractivity contribution in [3.8, 4) is 0 Å². The summed E-state index contributed by atoms with van der Waals surface area (Å²) >= 11 is 6.13. The van der Waals surface area contributed by atoms with Gasteiger partial charge in [-0.3, -0.25) is 4.99 Å². The third-order valence-electron chi connectivity index (χ3n) is 4.10. The van der Waals surface area contributed by atoms with Crippen LogP contribution in [0.3, 0.4) is 0 Å². The van der Waals surface area contributed by atoms with Gasteiger partial charge in [0, 0.05) is 41.4 Å². The molecule has 1 aliphatic carbocycles. The second-order valence-corrected chi connectivity index (χ2v) is 9.18. The van der Waals surface area contributed by atoms with Gasteiger partial charge in [0.15, 0.2) is 5.96 Å². The molecule has 26 heavy (non-hydrogen) atoms. The van der Waals surface area contributed by atoms with Crippen molar-refractivity contribution in [2.45, 2.75) is 44.7 Å². The molecule has 5 nitrogen and oxygen atoms in total. The van der Waals surface area contributed by atoms with Gasteiger partial charge in [0.2, 0.25) is 0 Å². The topological polar surface area (TPSA) is 70.6 Å². The maximum atomic E-state index is 14.0. The predicted octanol–water partition coefficient (Wildman–Crippen LogP) is 3.33. The van der Waals surface area contributed by atoms with Crippen LogP contribution in [0.4, 0.5) is 4.39 Å². The van der Waals surface area contributed by atoms with Crippen LogP contribution in [0, 0.1) is 5.82 Å². The van der Waals surface area contributed by atoms with Crippen molar-refractivity contribution in [1.29, 1.82) is 0 Å². The van der Waals surface area contributed by atoms with Crippen molar-refractivity contribution >= 4 is 51.4 Å². The Morgan fingerprint density at radius 1 is 1.46 bits per heavy atom. The molecule has 3 unspecified atom stereocenters. The van der Waals surface area contributed by atoms with Gasteiger partial charge in [0.1, 0.15) is 15.7 Å². The second-order valence-electron chi connectivity index (χ2n) is 6.52. The molecule has 1 aliphatic rings. The monoisotopic (exact) mass is 517 g/mol. The number of nitrogens with one attached hydrogen (secondary N) is 2. The first kappa shape index (κ1) is 23.4. The number of benzene rings is 1. The van der Waals surface area contributed by atoms with Crippen LogP contribution in [0.2, 0.25) is 5.02 Å². The lowest BCUT2D eigenvalue weighted by Gasteiger charge is -2.18. The molecule has 0 amide bonds. The van der Waals surface area contributed by atoms with Crippen molar-refractivity contribution in [3.63, 3.8) is 0 Å². The molecule has 2 rings (SSSR count). The fourth-order valence-electron chi connectivity index (χ4n) is 2.70. The molecule has 1 aromatic carbocycles. The summed E-state index contributed by atoms with van der Waals surface area (Å²) in [7, 11) is -2.99. The first-order valence-corrected chi connectivity index (χ1v) is 10.8. The number of guanidine groups is 1. The highest BCUT2D eigenvalue weighted by Crippen LogP contribution is 2.44. The number of nitrogens with zero attached hydrogens (tertiary/aromatic N) is 1. The van der Waals surface area contributed by atoms with Gasteiger partial charge >= 0.3 is 0 Å². The number of rotatable bonds is 7. The molecule has 1 aromatic rings. The summed E-state index contributed by atoms with van der Waals surface area (Å²) in [5.74, 6) is 0.467. The van der Waals surface area contributed by atoms with E-state index in [4.69, 9.17) is 11.6 Å². The zero-order valence-corrected chi connectivity index (χ0v) is 19.0. The highest BCUT2D eigenvalue weighted by molar-refractivity contribution is 14.0. The van der Waals surface area contributed by atoms with E-state index in [1.165, 1.54) is 12.3 Å². The number of hydrogen-bond donors (Lipinski definition) is 2. The minimum Gasteiger partial charge on any atom is -0.354 e. The van der Waals surface area contributed by atoms with Crippen molar-refractivity contribution in [1.82, 2.24) is 10.6 Å². The van der Waals surface area contributed by atoms with Gasteiger partial charge in [0.05, 0.1) is 5.75 Å². The van der Waals surface area contributed by atoms with E-state index in [9.17, 15) is 12.8 Å². The molecule has 0 aliphatic heterocycles. The van der Waals surface area contributed by atoms with Crippen LogP contribution in [-0.4, -0.2) is 45.0 Å². The SMILES string of the molecule is CCN=C(NC(C)CCS(C)(=O)=O)NC1CC1c1c(F)cccc1Cl.I. The number of sulfone groups is 1. The summed E-state index contributed by atoms with van der Waals surface area (Å²) in [6, 6.07) is 4.74. The van der Waals surface area contributed by atoms with Gasteiger partial charge in [-0.1, -0.05) is 17.7 Å². The van der Waals surface area contributed by atoms with Crippen LogP contribution in [0.1, 0.15) is 38.2 Å². The summed E-state index contributed by atoms with van der Waals surface area (Å²) in [6.07, 6.45) is 2.51. The first-order valence-electron chi connectivity index (χ1n) is 8.40. The number of hydrogen-bond acceptors (Lipinski definition) is 3. The van der Waals surface area contributed by atoms with Crippen LogP contribution in [0.25, 0.3) is 0 Å². The molecule has 148 valence electrons. The zero-order valence-electron chi connectivity index (χ0n) is 15.1. The molecule has 1 fully saturated rings. The Hall–Kier alpha value is -0.610. The summed E-state index contributed by atoms with van der Waals surface area (Å²) in [4.78, 5) is 4.38. The van der Waals surface area contributed by atoms with Crippen molar-refractivity contribution < 1.29 is 12.8 Å². The van der Waals surface area contributed by atoms with Gasteiger partial charge < -0.3 is 10.6 Å². The number of aliphatic imine (C=N–C) groups is 1. The third-order valence-corrected chi connectivity index (χ3v) is 5.41. The molecular weight excluding hydrogens is 492 g/mol. The van der Waals surface area contributed by atoms with E-state index in [-0.39, 0.29) is 53.5 Å². The Kier molecular flexibility index (Phi) is 9.08. The summed E-state index contributed by atoms with van der Waals surface area (Å²) < 4.78 is 36.6. The Bertz CT molecular complexity index is 725. The molecule has 0 aromatic heterocycles. The molecule has 0 spiro atoms. The Morgan fingerprint density at radius 3 is 2.73 bits per heavy atom. The molecule has 3 atom stereocenters. The fourth-order valence-corrected chi connectivity index (χ4v) is 3.79. The molecule has 1 saturated carbocycles. The molecule has 0 bridgehead atoms. The van der Waals surface area contributed by atoms with Gasteiger partial charge in [-0.05, 0) is 38.8 Å². The van der Waals surface area contributed by atoms with Crippen molar-refractivity contribution in [3.05, 3.63) is 34.6 Å². The van der Waals surface area contributed by atoms with Crippen LogP contribution < -0.4 is 10.6 Å². The lowest BCUT2D eigenvalue weighted by atomic mass is 10.1. The van der Waals surface area contributed by atoms with Gasteiger partial charge in [0.25, 0.3) is 0 Å². The standard InChI is InChI=1S/C17H25ClFN3O2S.HI/c1-4-20-17(21-11(2)8-9-25(3,23)24)22-15-10-12(15)16-13(18)6-5-7-14(16)19;/h5-7,11-12,15H,4,8-10H2,1-3H3,(H2,20,21,22);1H. The lowest BCUT2D eigenvalue weighted by molar-refractivity contribution is 0.580. The first-order chi connectivity index (χ1) is 11.7. The van der Waals surface area contributed by atoms with E-state index >= 15 is 0 Å². The quantitative estimate of drug-likeness (QED) is 0.331. The van der Waals surface area contributed by atoms with Gasteiger partial charge in [-0.15, -0.1) is 24.0 Å². The highest BCUT2D eigenvalue weighted by Gasteiger charge is 2.42. The predicted molar refractivity (Wildman–Crippen MR) is 116 cm³/mol. The van der Waals surface area contributed by atoms with E-state index in [0.29, 0.717) is 29.5 Å². The summed E-state index contributed by atoms with van der Waals surface area (Å²) in [6.45, 7) is 4.42. The third kappa shape index (κ3) is 7.19. The van der Waals surface area contributed by atoms with Crippen molar-refractivity contribution in [2.24, 2.45) is 4.99 Å². The van der Waals surface area contributed by atoms with Crippen LogP contribution in [-0.2, 0) is 9.84 Å². The average Bonchev–Trinajstić information content (AvgIpc) is 3.23. The van der Waals surface area contributed by atoms with E-state index in [1.54, 1.807) is 12.1 Å². The van der Waals surface area contributed by atoms with Gasteiger partial charge in [-0.2, -0.15) is 0 Å². The van der Waals surface area contributed by atoms with E-state index in [1.807, 2.05) is 13.8 Å². The average molecular weight is 518 g/mol. The second kappa shape index (κ2) is 10.1. The normalized spacial score (nSPS) is 20.9. The van der Waals surface area contributed by atoms with E-state index in [2.05, 4.69) is 15.6 Å². The highest BCUT2D eigenvalue weighted by atomic mass is 127. The number of halogens is 3. The van der Waals surface area contributed by atoms with Crippen LogP contribution in [0.5, 0.6) is 0 Å². The summed E-state index contributed by atoms with van der Waals surface area (Å²) in [5.41, 5.74) is 0.544. The molecule has 0 heterocycles. The maximum Gasteiger partial charge on any atom is 0.191 e. The lowest BCUT2D eigenvalue weighted by Crippen LogP contribution is -2.44. The molecule has 0 saturated heterocycles. The zero-order chi connectivity index (χ0) is 18.6. The van der Waals surface area contributed by atoms with Gasteiger partial charge in [-0.25, -0.2) is 12.8 Å². The largest absolute Gasteiger partial charge is 0.354 e. The smallest absolute Gasteiger partial charge is 0.191 e.